The van der Waals surface area contributed by atoms with Crippen LogP contribution in [0.3, 0.4) is 0 Å². The van der Waals surface area contributed by atoms with E-state index in [1.165, 1.54) is 0 Å². The largest absolute Gasteiger partial charge is 0.454 e. The molecular formula is C13H19ClN2O4S. The molecule has 0 saturated carbocycles. The average Bonchev–Trinajstić information content (AvgIpc) is 3.06. The van der Waals surface area contributed by atoms with Crippen molar-refractivity contribution in [3.05, 3.63) is 18.2 Å². The van der Waals surface area contributed by atoms with Crippen LogP contribution in [0.4, 0.5) is 0 Å². The fraction of sp³-hybridized carbons (Fsp3) is 0.538. The molecule has 2 heterocycles. The van der Waals surface area contributed by atoms with E-state index in [2.05, 4.69) is 5.32 Å². The Morgan fingerprint density at radius 1 is 1.33 bits per heavy atom. The van der Waals surface area contributed by atoms with Crippen LogP contribution in [0.25, 0.3) is 0 Å². The Kier molecular flexibility index (Phi) is 4.98. The molecule has 1 aromatic rings. The summed E-state index contributed by atoms with van der Waals surface area (Å²) in [6.07, 6.45) is 1.79. The first-order chi connectivity index (χ1) is 9.63. The minimum Gasteiger partial charge on any atom is -0.454 e. The summed E-state index contributed by atoms with van der Waals surface area (Å²) in [5, 5.41) is 3.05. The van der Waals surface area contributed by atoms with Crippen molar-refractivity contribution < 1.29 is 17.9 Å². The minimum absolute atomic E-state index is 0. The lowest BCUT2D eigenvalue weighted by Crippen LogP contribution is -2.40. The van der Waals surface area contributed by atoms with E-state index in [4.69, 9.17) is 9.47 Å². The molecule has 6 nitrogen and oxygen atoms in total. The Balaban J connectivity index is 0.00000161. The summed E-state index contributed by atoms with van der Waals surface area (Å²) in [5.41, 5.74) is 0. The Bertz CT molecular complexity index is 608. The van der Waals surface area contributed by atoms with Crippen molar-refractivity contribution in [3.63, 3.8) is 0 Å². The zero-order valence-electron chi connectivity index (χ0n) is 11.7. The maximum Gasteiger partial charge on any atom is 0.243 e. The number of nitrogens with zero attached hydrogens (tertiary/aromatic N) is 1. The lowest BCUT2D eigenvalue weighted by molar-refractivity contribution is 0.174. The lowest BCUT2D eigenvalue weighted by atomic mass is 10.2. The molecule has 1 atom stereocenters. The lowest BCUT2D eigenvalue weighted by Gasteiger charge is -2.23. The van der Waals surface area contributed by atoms with Crippen LogP contribution in [0.1, 0.15) is 12.8 Å². The Morgan fingerprint density at radius 2 is 2.10 bits per heavy atom. The summed E-state index contributed by atoms with van der Waals surface area (Å²) in [4.78, 5) is 0.268. The number of halogens is 1. The van der Waals surface area contributed by atoms with Crippen molar-refractivity contribution in [2.45, 2.75) is 23.8 Å². The first-order valence-electron chi connectivity index (χ1n) is 6.69. The molecule has 1 unspecified atom stereocenters. The molecule has 1 saturated heterocycles. The van der Waals surface area contributed by atoms with Gasteiger partial charge in [-0.15, -0.1) is 12.4 Å². The van der Waals surface area contributed by atoms with Crippen LogP contribution >= 0.6 is 12.4 Å². The maximum atomic E-state index is 12.7. The molecule has 0 bridgehead atoms. The van der Waals surface area contributed by atoms with Crippen molar-refractivity contribution in [3.8, 4) is 11.5 Å². The molecule has 0 spiro atoms. The number of fused-ring (bicyclic) bond motifs is 1. The molecular weight excluding hydrogens is 316 g/mol. The van der Waals surface area contributed by atoms with Crippen LogP contribution in [0.2, 0.25) is 0 Å². The first kappa shape index (κ1) is 16.4. The van der Waals surface area contributed by atoms with E-state index in [1.807, 2.05) is 7.05 Å². The van der Waals surface area contributed by atoms with E-state index >= 15 is 0 Å². The van der Waals surface area contributed by atoms with Crippen LogP contribution in [0.15, 0.2) is 23.1 Å². The van der Waals surface area contributed by atoms with Crippen molar-refractivity contribution >= 4 is 22.4 Å². The predicted molar refractivity (Wildman–Crippen MR) is 80.7 cm³/mol. The van der Waals surface area contributed by atoms with Gasteiger partial charge in [0.25, 0.3) is 0 Å². The topological polar surface area (TPSA) is 67.9 Å². The van der Waals surface area contributed by atoms with Gasteiger partial charge in [-0.25, -0.2) is 8.42 Å². The number of benzene rings is 1. The van der Waals surface area contributed by atoms with Gasteiger partial charge in [0.15, 0.2) is 11.5 Å². The summed E-state index contributed by atoms with van der Waals surface area (Å²) in [6.45, 7) is 1.39. The molecule has 0 amide bonds. The number of nitrogens with one attached hydrogen (secondary N) is 1. The van der Waals surface area contributed by atoms with Crippen LogP contribution in [0, 0.1) is 0 Å². The third-order valence-corrected chi connectivity index (χ3v) is 5.66. The highest BCUT2D eigenvalue weighted by molar-refractivity contribution is 7.89. The van der Waals surface area contributed by atoms with Gasteiger partial charge in [-0.05, 0) is 32.0 Å². The second-order valence-corrected chi connectivity index (χ2v) is 6.88. The number of sulfonamides is 1. The molecule has 21 heavy (non-hydrogen) atoms. The Morgan fingerprint density at radius 3 is 2.86 bits per heavy atom. The Hall–Kier alpha value is -1.02. The van der Waals surface area contributed by atoms with E-state index in [0.717, 1.165) is 12.8 Å². The molecule has 3 rings (SSSR count). The molecule has 2 aliphatic rings. The monoisotopic (exact) mass is 334 g/mol. The highest BCUT2D eigenvalue weighted by atomic mass is 35.5. The molecule has 1 aromatic carbocycles. The van der Waals surface area contributed by atoms with Gasteiger partial charge < -0.3 is 14.8 Å². The molecule has 0 radical (unpaired) electrons. The molecule has 2 aliphatic heterocycles. The van der Waals surface area contributed by atoms with Crippen molar-refractivity contribution in [1.82, 2.24) is 9.62 Å². The number of hydrogen-bond acceptors (Lipinski definition) is 5. The van der Waals surface area contributed by atoms with E-state index in [-0.39, 0.29) is 30.1 Å². The quantitative estimate of drug-likeness (QED) is 0.896. The minimum atomic E-state index is -3.47. The molecule has 118 valence electrons. The molecule has 1 N–H and O–H groups in total. The zero-order chi connectivity index (χ0) is 14.2. The fourth-order valence-electron chi connectivity index (χ4n) is 2.74. The second kappa shape index (κ2) is 6.39. The van der Waals surface area contributed by atoms with Crippen LogP contribution in [0.5, 0.6) is 11.5 Å². The van der Waals surface area contributed by atoms with Crippen molar-refractivity contribution in [1.29, 1.82) is 0 Å². The van der Waals surface area contributed by atoms with Crippen LogP contribution in [-0.4, -0.2) is 45.7 Å². The van der Waals surface area contributed by atoms with E-state index in [9.17, 15) is 8.42 Å². The van der Waals surface area contributed by atoms with Gasteiger partial charge in [0.05, 0.1) is 4.90 Å². The van der Waals surface area contributed by atoms with E-state index in [0.29, 0.717) is 24.6 Å². The SMILES string of the molecule is CNCC1CCCN1S(=O)(=O)c1ccc2c(c1)OCO2.Cl. The number of likely N-dealkylation sites (N-methyl/N-ethyl adjacent to an activating group) is 1. The Labute approximate surface area is 130 Å². The van der Waals surface area contributed by atoms with Crippen LogP contribution in [-0.2, 0) is 10.0 Å². The normalized spacial score (nSPS) is 21.3. The smallest absolute Gasteiger partial charge is 0.243 e. The maximum absolute atomic E-state index is 12.7. The molecule has 0 aliphatic carbocycles. The summed E-state index contributed by atoms with van der Waals surface area (Å²) in [5.74, 6) is 1.09. The number of ether oxygens (including phenoxy) is 2. The van der Waals surface area contributed by atoms with E-state index in [1.54, 1.807) is 22.5 Å². The van der Waals surface area contributed by atoms with Gasteiger partial charge in [0, 0.05) is 25.2 Å². The number of hydrogen-bond donors (Lipinski definition) is 1. The van der Waals surface area contributed by atoms with Crippen molar-refractivity contribution in [2.24, 2.45) is 0 Å². The van der Waals surface area contributed by atoms with Gasteiger partial charge in [-0.1, -0.05) is 0 Å². The summed E-state index contributed by atoms with van der Waals surface area (Å²) < 4.78 is 37.5. The van der Waals surface area contributed by atoms with Gasteiger partial charge >= 0.3 is 0 Å². The summed E-state index contributed by atoms with van der Waals surface area (Å²) in [6, 6.07) is 4.80. The molecule has 0 aromatic heterocycles. The first-order valence-corrected chi connectivity index (χ1v) is 8.13. The predicted octanol–water partition coefficient (Wildman–Crippen LogP) is 1.21. The third kappa shape index (κ3) is 2.96. The van der Waals surface area contributed by atoms with Gasteiger partial charge in [-0.3, -0.25) is 0 Å². The second-order valence-electron chi connectivity index (χ2n) is 4.98. The van der Waals surface area contributed by atoms with E-state index < -0.39 is 10.0 Å². The van der Waals surface area contributed by atoms with Gasteiger partial charge in [0.2, 0.25) is 16.8 Å². The van der Waals surface area contributed by atoms with Gasteiger partial charge in [-0.2, -0.15) is 4.31 Å². The highest BCUT2D eigenvalue weighted by Gasteiger charge is 2.35. The summed E-state index contributed by atoms with van der Waals surface area (Å²) >= 11 is 0. The fourth-order valence-corrected chi connectivity index (χ4v) is 4.45. The molecule has 8 heteroatoms. The average molecular weight is 335 g/mol. The van der Waals surface area contributed by atoms with Gasteiger partial charge in [0.1, 0.15) is 0 Å². The van der Waals surface area contributed by atoms with Crippen LogP contribution < -0.4 is 14.8 Å². The summed E-state index contributed by atoms with van der Waals surface area (Å²) in [7, 11) is -1.64. The third-order valence-electron chi connectivity index (χ3n) is 3.71. The zero-order valence-corrected chi connectivity index (χ0v) is 13.4. The van der Waals surface area contributed by atoms with Crippen molar-refractivity contribution in [2.75, 3.05) is 26.9 Å². The molecule has 1 fully saturated rings. The highest BCUT2D eigenvalue weighted by Crippen LogP contribution is 2.35. The standard InChI is InChI=1S/C13H18N2O4S.ClH/c1-14-8-10-3-2-6-15(10)20(16,17)11-4-5-12-13(7-11)19-9-18-12;/h4-5,7,10,14H,2-3,6,8-9H2,1H3;1H. The number of rotatable bonds is 4.